The maximum absolute atomic E-state index is 12.9. The van der Waals surface area contributed by atoms with Crippen LogP contribution in [0.1, 0.15) is 12.5 Å². The van der Waals surface area contributed by atoms with Crippen LogP contribution in [0.3, 0.4) is 0 Å². The van der Waals surface area contributed by atoms with Gasteiger partial charge in [-0.2, -0.15) is 0 Å². The number of methoxy groups -OCH3 is 1. The Morgan fingerprint density at radius 3 is 2.54 bits per heavy atom. The zero-order valence-electron chi connectivity index (χ0n) is 15.8. The van der Waals surface area contributed by atoms with Crippen LogP contribution in [0.25, 0.3) is 11.3 Å². The lowest BCUT2D eigenvalue weighted by Gasteiger charge is -2.13. The molecule has 0 saturated heterocycles. The predicted molar refractivity (Wildman–Crippen MR) is 107 cm³/mol. The highest BCUT2D eigenvalue weighted by atomic mass is 32.2. The Morgan fingerprint density at radius 1 is 1.04 bits per heavy atom. The summed E-state index contributed by atoms with van der Waals surface area (Å²) in [6.07, 6.45) is 0. The summed E-state index contributed by atoms with van der Waals surface area (Å²) in [5.41, 5.74) is 2.57. The van der Waals surface area contributed by atoms with Gasteiger partial charge in [0.05, 0.1) is 19.4 Å². The van der Waals surface area contributed by atoms with Crippen LogP contribution in [0.4, 0.5) is 5.69 Å². The number of aryl methyl sites for hydroxylation is 1. The molecule has 0 aliphatic carbocycles. The number of benzene rings is 2. The molecule has 3 aromatic rings. The monoisotopic (exact) mass is 399 g/mol. The van der Waals surface area contributed by atoms with Gasteiger partial charge in [-0.1, -0.05) is 18.2 Å². The van der Waals surface area contributed by atoms with Crippen LogP contribution in [-0.4, -0.2) is 32.3 Å². The highest BCUT2D eigenvalue weighted by Crippen LogP contribution is 2.28. The highest BCUT2D eigenvalue weighted by Gasteiger charge is 2.20. The molecule has 1 aromatic heterocycles. The van der Waals surface area contributed by atoms with Crippen molar-refractivity contribution in [2.24, 2.45) is 0 Å². The molecule has 0 atom stereocenters. The largest absolute Gasteiger partial charge is 0.495 e. The van der Waals surface area contributed by atoms with Crippen molar-refractivity contribution >= 4 is 15.7 Å². The van der Waals surface area contributed by atoms with Crippen molar-refractivity contribution in [2.75, 3.05) is 18.4 Å². The summed E-state index contributed by atoms with van der Waals surface area (Å²) in [6, 6.07) is 15.4. The Balaban J connectivity index is 1.89. The molecule has 0 fully saturated rings. The fourth-order valence-electron chi connectivity index (χ4n) is 2.64. The van der Waals surface area contributed by atoms with Gasteiger partial charge >= 0.3 is 0 Å². The Hall–Kier alpha value is -3.13. The maximum Gasteiger partial charge on any atom is 0.265 e. The minimum Gasteiger partial charge on any atom is -0.495 e. The number of aromatic nitrogens is 2. The molecule has 146 valence electrons. The Kier molecular flexibility index (Phi) is 5.79. The zero-order chi connectivity index (χ0) is 20.1. The third-order valence-corrected chi connectivity index (χ3v) is 5.35. The van der Waals surface area contributed by atoms with Crippen molar-refractivity contribution in [3.8, 4) is 22.9 Å². The second-order valence-electron chi connectivity index (χ2n) is 6.03. The van der Waals surface area contributed by atoms with Gasteiger partial charge in [0.1, 0.15) is 10.6 Å². The van der Waals surface area contributed by atoms with E-state index in [1.54, 1.807) is 48.5 Å². The van der Waals surface area contributed by atoms with E-state index in [-0.39, 0.29) is 10.6 Å². The van der Waals surface area contributed by atoms with Crippen LogP contribution in [0.15, 0.2) is 59.5 Å². The van der Waals surface area contributed by atoms with Crippen LogP contribution in [0.2, 0.25) is 0 Å². The average molecular weight is 399 g/mol. The summed E-state index contributed by atoms with van der Waals surface area (Å²) >= 11 is 0. The van der Waals surface area contributed by atoms with Gasteiger partial charge in [-0.3, -0.25) is 4.72 Å². The molecule has 0 aliphatic rings. The number of hydrogen-bond donors (Lipinski definition) is 1. The molecule has 7 nitrogen and oxygen atoms in total. The van der Waals surface area contributed by atoms with Gasteiger partial charge in [0.25, 0.3) is 10.0 Å². The number of nitrogens with zero attached hydrogens (tertiary/aromatic N) is 2. The van der Waals surface area contributed by atoms with Crippen molar-refractivity contribution < 1.29 is 17.9 Å². The molecule has 1 N–H and O–H groups in total. The first-order valence-corrected chi connectivity index (χ1v) is 10.2. The lowest BCUT2D eigenvalue weighted by molar-refractivity contribution is 0.323. The first-order chi connectivity index (χ1) is 13.4. The van der Waals surface area contributed by atoms with Crippen molar-refractivity contribution in [3.63, 3.8) is 0 Å². The van der Waals surface area contributed by atoms with Crippen LogP contribution >= 0.6 is 0 Å². The summed E-state index contributed by atoms with van der Waals surface area (Å²) in [7, 11) is -2.38. The number of sulfonamides is 1. The molecule has 0 amide bonds. The van der Waals surface area contributed by atoms with Crippen molar-refractivity contribution in [1.29, 1.82) is 0 Å². The highest BCUT2D eigenvalue weighted by molar-refractivity contribution is 7.92. The van der Waals surface area contributed by atoms with E-state index >= 15 is 0 Å². The summed E-state index contributed by atoms with van der Waals surface area (Å²) in [5, 5.41) is 8.13. The quantitative estimate of drug-likeness (QED) is 0.652. The molecule has 0 spiro atoms. The van der Waals surface area contributed by atoms with Crippen molar-refractivity contribution in [2.45, 2.75) is 18.7 Å². The Bertz CT molecular complexity index is 1070. The smallest absolute Gasteiger partial charge is 0.265 e. The van der Waals surface area contributed by atoms with E-state index in [4.69, 9.17) is 9.47 Å². The molecular weight excluding hydrogens is 378 g/mol. The van der Waals surface area contributed by atoms with Gasteiger partial charge < -0.3 is 9.47 Å². The minimum absolute atomic E-state index is 0.0845. The van der Waals surface area contributed by atoms with Crippen molar-refractivity contribution in [3.05, 3.63) is 60.2 Å². The lowest BCUT2D eigenvalue weighted by Crippen LogP contribution is -2.14. The van der Waals surface area contributed by atoms with Gasteiger partial charge in [0.2, 0.25) is 5.88 Å². The molecule has 28 heavy (non-hydrogen) atoms. The standard InChI is InChI=1S/C20H21N3O4S/c1-4-27-20-11-9-17(21-22-20)15-6-5-7-16(13-15)23-28(24,25)19-12-14(2)8-10-18(19)26-3/h5-13,23H,4H2,1-3H3. The normalized spacial score (nSPS) is 11.1. The van der Waals surface area contributed by atoms with Gasteiger partial charge in [0.15, 0.2) is 0 Å². The van der Waals surface area contributed by atoms with E-state index in [1.165, 1.54) is 7.11 Å². The molecule has 0 bridgehead atoms. The topological polar surface area (TPSA) is 90.4 Å². The minimum atomic E-state index is -3.82. The second-order valence-corrected chi connectivity index (χ2v) is 7.68. The lowest BCUT2D eigenvalue weighted by atomic mass is 10.1. The third kappa shape index (κ3) is 4.40. The number of hydrogen-bond acceptors (Lipinski definition) is 6. The summed E-state index contributed by atoms with van der Waals surface area (Å²) < 4.78 is 38.8. The van der Waals surface area contributed by atoms with Crippen molar-refractivity contribution in [1.82, 2.24) is 10.2 Å². The van der Waals surface area contributed by atoms with Crippen LogP contribution in [-0.2, 0) is 10.0 Å². The van der Waals surface area contributed by atoms with E-state index in [9.17, 15) is 8.42 Å². The van der Waals surface area contributed by atoms with Crippen LogP contribution in [0, 0.1) is 6.92 Å². The Morgan fingerprint density at radius 2 is 1.86 bits per heavy atom. The zero-order valence-corrected chi connectivity index (χ0v) is 16.7. The van der Waals surface area contributed by atoms with Gasteiger partial charge in [-0.15, -0.1) is 10.2 Å². The number of anilines is 1. The van der Waals surface area contributed by atoms with Crippen LogP contribution in [0.5, 0.6) is 11.6 Å². The number of rotatable bonds is 7. The van der Waals surface area contributed by atoms with Crippen LogP contribution < -0.4 is 14.2 Å². The molecule has 0 radical (unpaired) electrons. The first-order valence-electron chi connectivity index (χ1n) is 8.67. The van der Waals surface area contributed by atoms with Gasteiger partial charge in [-0.25, -0.2) is 8.42 Å². The molecule has 8 heteroatoms. The average Bonchev–Trinajstić information content (AvgIpc) is 2.69. The first kappa shape index (κ1) is 19.6. The van der Waals surface area contributed by atoms with E-state index < -0.39 is 10.0 Å². The second kappa shape index (κ2) is 8.26. The summed E-state index contributed by atoms with van der Waals surface area (Å²) in [5.74, 6) is 0.723. The maximum atomic E-state index is 12.9. The SMILES string of the molecule is CCOc1ccc(-c2cccc(NS(=O)(=O)c3cc(C)ccc3OC)c2)nn1. The number of nitrogens with one attached hydrogen (secondary N) is 1. The molecule has 0 unspecified atom stereocenters. The van der Waals surface area contributed by atoms with E-state index in [0.29, 0.717) is 23.9 Å². The Labute approximate surface area is 164 Å². The van der Waals surface area contributed by atoms with E-state index in [0.717, 1.165) is 11.1 Å². The van der Waals surface area contributed by atoms with Gasteiger partial charge in [0, 0.05) is 17.3 Å². The van der Waals surface area contributed by atoms with E-state index in [2.05, 4.69) is 14.9 Å². The number of ether oxygens (including phenoxy) is 2. The van der Waals surface area contributed by atoms with E-state index in [1.807, 2.05) is 19.9 Å². The third-order valence-electron chi connectivity index (χ3n) is 3.95. The molecule has 0 aliphatic heterocycles. The predicted octanol–water partition coefficient (Wildman–Crippen LogP) is 3.66. The fourth-order valence-corrected chi connectivity index (χ4v) is 3.95. The molecular formula is C20H21N3O4S. The molecule has 3 rings (SSSR count). The summed E-state index contributed by atoms with van der Waals surface area (Å²) in [4.78, 5) is 0.0845. The molecule has 2 aromatic carbocycles. The molecule has 0 saturated carbocycles. The fraction of sp³-hybridized carbons (Fsp3) is 0.200. The van der Waals surface area contributed by atoms with Gasteiger partial charge in [-0.05, 0) is 49.7 Å². The molecule has 1 heterocycles. The summed E-state index contributed by atoms with van der Waals surface area (Å²) in [6.45, 7) is 4.20.